The number of carbonyl (C=O) groups is 1. The molecule has 2 unspecified atom stereocenters. The van der Waals surface area contributed by atoms with E-state index in [4.69, 9.17) is 4.74 Å². The molecule has 0 radical (unpaired) electrons. The minimum Gasteiger partial charge on any atom is -0.469 e. The van der Waals surface area contributed by atoms with Gasteiger partial charge in [0, 0.05) is 13.1 Å². The number of esters is 1. The molecule has 2 atom stereocenters. The van der Waals surface area contributed by atoms with Gasteiger partial charge in [0.25, 0.3) is 0 Å². The molecule has 0 amide bonds. The first-order valence-electron chi connectivity index (χ1n) is 6.92. The van der Waals surface area contributed by atoms with Crippen molar-refractivity contribution < 1.29 is 17.9 Å². The van der Waals surface area contributed by atoms with Crippen molar-refractivity contribution in [2.75, 3.05) is 20.2 Å². The van der Waals surface area contributed by atoms with Crippen LogP contribution in [0.1, 0.15) is 18.1 Å². The molecule has 1 saturated heterocycles. The summed E-state index contributed by atoms with van der Waals surface area (Å²) in [5.74, 6) is -0.782. The van der Waals surface area contributed by atoms with Crippen LogP contribution >= 0.6 is 0 Å². The Morgan fingerprint density at radius 2 is 1.90 bits per heavy atom. The van der Waals surface area contributed by atoms with E-state index in [0.717, 1.165) is 11.1 Å². The van der Waals surface area contributed by atoms with E-state index >= 15 is 0 Å². The number of hydrogen-bond acceptors (Lipinski definition) is 4. The molecule has 21 heavy (non-hydrogen) atoms. The Morgan fingerprint density at radius 3 is 2.48 bits per heavy atom. The SMILES string of the molecule is COC(=O)C1CN(S(=O)(=O)c2ccc(C)c(C)c2)CC1C. The van der Waals surface area contributed by atoms with Crippen molar-refractivity contribution in [2.24, 2.45) is 11.8 Å². The normalized spacial score (nSPS) is 23.2. The number of rotatable bonds is 3. The lowest BCUT2D eigenvalue weighted by molar-refractivity contribution is -0.145. The standard InChI is InChI=1S/C15H21NO4S/c1-10-5-6-13(7-11(10)2)21(18,19)16-8-12(3)14(9-16)15(17)20-4/h5-7,12,14H,8-9H2,1-4H3. The molecule has 0 bridgehead atoms. The molecule has 1 aliphatic rings. The zero-order valence-electron chi connectivity index (χ0n) is 12.8. The summed E-state index contributed by atoms with van der Waals surface area (Å²) < 4.78 is 31.5. The highest BCUT2D eigenvalue weighted by Crippen LogP contribution is 2.29. The van der Waals surface area contributed by atoms with Crippen LogP contribution in [0.25, 0.3) is 0 Å². The zero-order chi connectivity index (χ0) is 15.8. The van der Waals surface area contributed by atoms with Gasteiger partial charge in [0.1, 0.15) is 0 Å². The van der Waals surface area contributed by atoms with Gasteiger partial charge in [-0.15, -0.1) is 0 Å². The maximum atomic E-state index is 12.7. The summed E-state index contributed by atoms with van der Waals surface area (Å²) in [6.45, 7) is 6.23. The van der Waals surface area contributed by atoms with Crippen LogP contribution in [0.3, 0.4) is 0 Å². The van der Waals surface area contributed by atoms with Crippen LogP contribution in [0.5, 0.6) is 0 Å². The lowest BCUT2D eigenvalue weighted by atomic mass is 9.99. The van der Waals surface area contributed by atoms with Crippen molar-refractivity contribution in [3.8, 4) is 0 Å². The third-order valence-electron chi connectivity index (χ3n) is 4.20. The lowest BCUT2D eigenvalue weighted by Gasteiger charge is -2.17. The number of sulfonamides is 1. The Hall–Kier alpha value is -1.40. The average Bonchev–Trinajstić information content (AvgIpc) is 2.83. The maximum absolute atomic E-state index is 12.7. The van der Waals surface area contributed by atoms with Crippen molar-refractivity contribution in [3.05, 3.63) is 29.3 Å². The third kappa shape index (κ3) is 2.96. The van der Waals surface area contributed by atoms with Crippen LogP contribution in [-0.4, -0.2) is 38.9 Å². The van der Waals surface area contributed by atoms with Gasteiger partial charge in [-0.2, -0.15) is 4.31 Å². The van der Waals surface area contributed by atoms with Crippen LogP contribution in [0.15, 0.2) is 23.1 Å². The quantitative estimate of drug-likeness (QED) is 0.798. The second-order valence-corrected chi connectivity index (χ2v) is 7.61. The summed E-state index contributed by atoms with van der Waals surface area (Å²) in [7, 11) is -2.23. The van der Waals surface area contributed by atoms with E-state index in [9.17, 15) is 13.2 Å². The first kappa shape index (κ1) is 16.0. The van der Waals surface area contributed by atoms with Gasteiger partial charge in [0.15, 0.2) is 0 Å². The molecule has 1 heterocycles. The van der Waals surface area contributed by atoms with Crippen LogP contribution in [0.2, 0.25) is 0 Å². The Bertz CT molecular complexity index is 654. The molecule has 1 aliphatic heterocycles. The van der Waals surface area contributed by atoms with E-state index in [2.05, 4.69) is 0 Å². The molecular weight excluding hydrogens is 290 g/mol. The second-order valence-electron chi connectivity index (χ2n) is 5.68. The van der Waals surface area contributed by atoms with Crippen LogP contribution in [0.4, 0.5) is 0 Å². The highest BCUT2D eigenvalue weighted by atomic mass is 32.2. The van der Waals surface area contributed by atoms with Gasteiger partial charge in [-0.05, 0) is 43.0 Å². The fraction of sp³-hybridized carbons (Fsp3) is 0.533. The monoisotopic (exact) mass is 311 g/mol. The number of hydrogen-bond donors (Lipinski definition) is 0. The fourth-order valence-corrected chi connectivity index (χ4v) is 4.25. The highest BCUT2D eigenvalue weighted by Gasteiger charge is 2.41. The van der Waals surface area contributed by atoms with Crippen molar-refractivity contribution in [1.29, 1.82) is 0 Å². The third-order valence-corrected chi connectivity index (χ3v) is 6.03. The minimum atomic E-state index is -3.56. The molecule has 1 aromatic rings. The zero-order valence-corrected chi connectivity index (χ0v) is 13.6. The second kappa shape index (κ2) is 5.77. The topological polar surface area (TPSA) is 63.7 Å². The molecule has 5 nitrogen and oxygen atoms in total. The van der Waals surface area contributed by atoms with Gasteiger partial charge in [-0.1, -0.05) is 13.0 Å². The number of methoxy groups -OCH3 is 1. The van der Waals surface area contributed by atoms with Gasteiger partial charge in [0.05, 0.1) is 17.9 Å². The molecule has 6 heteroatoms. The van der Waals surface area contributed by atoms with Crippen molar-refractivity contribution >= 4 is 16.0 Å². The molecule has 2 rings (SSSR count). The molecule has 1 aromatic carbocycles. The molecule has 116 valence electrons. The van der Waals surface area contributed by atoms with Crippen LogP contribution in [0, 0.1) is 25.7 Å². The molecule has 0 saturated carbocycles. The van der Waals surface area contributed by atoms with Crippen LogP contribution < -0.4 is 0 Å². The summed E-state index contributed by atoms with van der Waals surface area (Å²) in [5, 5.41) is 0. The summed E-state index contributed by atoms with van der Waals surface area (Å²) >= 11 is 0. The molecule has 0 aliphatic carbocycles. The molecule has 0 N–H and O–H groups in total. The largest absolute Gasteiger partial charge is 0.469 e. The molecule has 0 spiro atoms. The number of carbonyl (C=O) groups excluding carboxylic acids is 1. The van der Waals surface area contributed by atoms with E-state index in [1.807, 2.05) is 20.8 Å². The number of benzene rings is 1. The van der Waals surface area contributed by atoms with Crippen LogP contribution in [-0.2, 0) is 19.6 Å². The van der Waals surface area contributed by atoms with E-state index in [-0.39, 0.29) is 23.3 Å². The maximum Gasteiger partial charge on any atom is 0.310 e. The minimum absolute atomic E-state index is 0.0428. The van der Waals surface area contributed by atoms with Crippen molar-refractivity contribution in [2.45, 2.75) is 25.7 Å². The Morgan fingerprint density at radius 1 is 1.24 bits per heavy atom. The summed E-state index contributed by atoms with van der Waals surface area (Å²) in [6.07, 6.45) is 0. The molecule has 0 aromatic heterocycles. The number of aryl methyl sites for hydroxylation is 2. The highest BCUT2D eigenvalue weighted by molar-refractivity contribution is 7.89. The van der Waals surface area contributed by atoms with Gasteiger partial charge >= 0.3 is 5.97 Å². The molecular formula is C15H21NO4S. The predicted octanol–water partition coefficient (Wildman–Crippen LogP) is 1.73. The van der Waals surface area contributed by atoms with E-state index in [1.54, 1.807) is 18.2 Å². The van der Waals surface area contributed by atoms with Gasteiger partial charge in [-0.3, -0.25) is 4.79 Å². The molecule has 1 fully saturated rings. The lowest BCUT2D eigenvalue weighted by Crippen LogP contribution is -2.30. The average molecular weight is 311 g/mol. The summed E-state index contributed by atoms with van der Waals surface area (Å²) in [6, 6.07) is 5.11. The van der Waals surface area contributed by atoms with Crippen molar-refractivity contribution in [3.63, 3.8) is 0 Å². The first-order chi connectivity index (χ1) is 9.77. The van der Waals surface area contributed by atoms with Gasteiger partial charge < -0.3 is 4.74 Å². The smallest absolute Gasteiger partial charge is 0.310 e. The Balaban J connectivity index is 2.29. The summed E-state index contributed by atoms with van der Waals surface area (Å²) in [5.41, 5.74) is 1.99. The van der Waals surface area contributed by atoms with E-state index < -0.39 is 15.9 Å². The van der Waals surface area contributed by atoms with Gasteiger partial charge in [-0.25, -0.2) is 8.42 Å². The number of ether oxygens (including phenoxy) is 1. The Labute approximate surface area is 126 Å². The Kier molecular flexibility index (Phi) is 4.39. The number of nitrogens with zero attached hydrogens (tertiary/aromatic N) is 1. The van der Waals surface area contributed by atoms with Crippen molar-refractivity contribution in [1.82, 2.24) is 4.31 Å². The predicted molar refractivity (Wildman–Crippen MR) is 79.3 cm³/mol. The first-order valence-corrected chi connectivity index (χ1v) is 8.36. The van der Waals surface area contributed by atoms with Gasteiger partial charge in [0.2, 0.25) is 10.0 Å². The summed E-state index contributed by atoms with van der Waals surface area (Å²) in [4.78, 5) is 12.0. The van der Waals surface area contributed by atoms with E-state index in [0.29, 0.717) is 6.54 Å². The fourth-order valence-electron chi connectivity index (χ4n) is 2.60. The van der Waals surface area contributed by atoms with E-state index in [1.165, 1.54) is 11.4 Å².